The number of nitrogens with two attached hydrogens (primary N) is 1. The number of hydrogen-bond acceptors (Lipinski definition) is 8. The first-order valence-electron chi connectivity index (χ1n) is 13.3. The van der Waals surface area contributed by atoms with Crippen molar-refractivity contribution in [2.45, 2.75) is 44.4 Å². The number of ether oxygens (including phenoxy) is 4. The first-order chi connectivity index (χ1) is 19.8. The molecule has 9 nitrogen and oxygen atoms in total. The van der Waals surface area contributed by atoms with Gasteiger partial charge < -0.3 is 24.7 Å². The van der Waals surface area contributed by atoms with Crippen LogP contribution in [0.25, 0.3) is 11.2 Å². The fourth-order valence-electron chi connectivity index (χ4n) is 4.88. The molecule has 0 amide bonds. The maximum absolute atomic E-state index is 6.61. The average molecular weight is 538 g/mol. The number of imidazole rings is 1. The molecular formula is C31H31N5O4. The second-order valence-electron chi connectivity index (χ2n) is 9.66. The summed E-state index contributed by atoms with van der Waals surface area (Å²) in [6, 6.07) is 30.2. The number of nitrogens with zero attached hydrogens (tertiary/aromatic N) is 4. The molecule has 6 rings (SSSR count). The van der Waals surface area contributed by atoms with Gasteiger partial charge in [0.15, 0.2) is 17.7 Å². The van der Waals surface area contributed by atoms with E-state index in [1.165, 1.54) is 6.33 Å². The monoisotopic (exact) mass is 537 g/mol. The molecule has 1 aliphatic heterocycles. The average Bonchev–Trinajstić information content (AvgIpc) is 3.45. The standard InChI is InChI=1S/C31H31N5O4/c32-29-26-30(34-20-33-29)36(21-35-26)31-28(39-18-24-14-8-3-9-15-24)27(38-17-23-12-6-2-7-13-23)25(19-40-31)37-16-22-10-4-1-5-11-22/h1-15,20-21,25,27-28,31H,16-19H2,(H2,32,33,34)/t25-,27-,28-,31+/m1/s1. The van der Waals surface area contributed by atoms with Crippen LogP contribution in [0.2, 0.25) is 0 Å². The number of hydrogen-bond donors (Lipinski definition) is 1. The van der Waals surface area contributed by atoms with Crippen molar-refractivity contribution in [2.75, 3.05) is 12.3 Å². The van der Waals surface area contributed by atoms with Gasteiger partial charge >= 0.3 is 0 Å². The van der Waals surface area contributed by atoms with E-state index < -0.39 is 18.4 Å². The van der Waals surface area contributed by atoms with E-state index in [4.69, 9.17) is 24.7 Å². The van der Waals surface area contributed by atoms with Gasteiger partial charge in [0.25, 0.3) is 0 Å². The van der Waals surface area contributed by atoms with Crippen LogP contribution in [-0.2, 0) is 38.8 Å². The predicted molar refractivity (Wildman–Crippen MR) is 150 cm³/mol. The summed E-state index contributed by atoms with van der Waals surface area (Å²) >= 11 is 0. The summed E-state index contributed by atoms with van der Waals surface area (Å²) in [7, 11) is 0. The van der Waals surface area contributed by atoms with Crippen molar-refractivity contribution in [3.63, 3.8) is 0 Å². The Morgan fingerprint density at radius 1 is 0.700 bits per heavy atom. The SMILES string of the molecule is Nc1ncnc2c1ncn2[C@H]1OC[C@@H](OCc2ccccc2)[C@@H](OCc2ccccc2)[C@H]1OCc1ccccc1. The largest absolute Gasteiger partial charge is 0.382 e. The third kappa shape index (κ3) is 5.88. The van der Waals surface area contributed by atoms with E-state index in [2.05, 4.69) is 15.0 Å². The Hall–Kier alpha value is -4.15. The quantitative estimate of drug-likeness (QED) is 0.273. The van der Waals surface area contributed by atoms with Crippen LogP contribution in [0.5, 0.6) is 0 Å². The zero-order valence-corrected chi connectivity index (χ0v) is 22.0. The molecule has 0 bridgehead atoms. The molecular weight excluding hydrogens is 506 g/mol. The first-order valence-corrected chi connectivity index (χ1v) is 13.3. The summed E-state index contributed by atoms with van der Waals surface area (Å²) < 4.78 is 27.9. The lowest BCUT2D eigenvalue weighted by Gasteiger charge is -2.42. The zero-order valence-electron chi connectivity index (χ0n) is 22.0. The fraction of sp³-hybridized carbons (Fsp3) is 0.258. The van der Waals surface area contributed by atoms with Gasteiger partial charge in [0.2, 0.25) is 0 Å². The van der Waals surface area contributed by atoms with Crippen molar-refractivity contribution in [2.24, 2.45) is 0 Å². The van der Waals surface area contributed by atoms with Crippen LogP contribution in [-0.4, -0.2) is 44.4 Å². The maximum Gasteiger partial charge on any atom is 0.167 e. The molecule has 0 aliphatic carbocycles. The fourth-order valence-corrected chi connectivity index (χ4v) is 4.88. The van der Waals surface area contributed by atoms with Gasteiger partial charge in [-0.2, -0.15) is 0 Å². The molecule has 1 fully saturated rings. The van der Waals surface area contributed by atoms with Gasteiger partial charge in [-0.3, -0.25) is 4.57 Å². The van der Waals surface area contributed by atoms with Crippen molar-refractivity contribution in [1.82, 2.24) is 19.5 Å². The maximum atomic E-state index is 6.61. The summed E-state index contributed by atoms with van der Waals surface area (Å²) in [6.45, 7) is 1.48. The molecule has 5 aromatic rings. The molecule has 4 atom stereocenters. The van der Waals surface area contributed by atoms with Crippen LogP contribution in [0.1, 0.15) is 22.9 Å². The summed E-state index contributed by atoms with van der Waals surface area (Å²) in [5.74, 6) is 0.308. The Kier molecular flexibility index (Phi) is 8.06. The van der Waals surface area contributed by atoms with Crippen molar-refractivity contribution in [3.8, 4) is 0 Å². The summed E-state index contributed by atoms with van der Waals surface area (Å²) in [4.78, 5) is 13.0. The number of nitrogen functional groups attached to an aromatic ring is 1. The Morgan fingerprint density at radius 3 is 1.85 bits per heavy atom. The van der Waals surface area contributed by atoms with E-state index in [1.54, 1.807) is 6.33 Å². The molecule has 0 spiro atoms. The third-order valence-corrected chi connectivity index (χ3v) is 6.94. The molecule has 1 saturated heterocycles. The number of benzene rings is 3. The molecule has 0 radical (unpaired) electrons. The first kappa shape index (κ1) is 26.1. The molecule has 2 N–H and O–H groups in total. The van der Waals surface area contributed by atoms with Crippen LogP contribution in [0.15, 0.2) is 104 Å². The second kappa shape index (κ2) is 12.4. The summed E-state index contributed by atoms with van der Waals surface area (Å²) in [5.41, 5.74) is 10.3. The van der Waals surface area contributed by atoms with Crippen LogP contribution < -0.4 is 5.73 Å². The molecule has 9 heteroatoms. The van der Waals surface area contributed by atoms with E-state index in [9.17, 15) is 0 Å². The highest BCUT2D eigenvalue weighted by molar-refractivity contribution is 5.81. The lowest BCUT2D eigenvalue weighted by atomic mass is 10.0. The van der Waals surface area contributed by atoms with Gasteiger partial charge in [0.05, 0.1) is 32.8 Å². The molecule has 3 heterocycles. The van der Waals surface area contributed by atoms with Crippen molar-refractivity contribution < 1.29 is 18.9 Å². The number of anilines is 1. The van der Waals surface area contributed by atoms with Gasteiger partial charge in [0, 0.05) is 0 Å². The number of aromatic nitrogens is 4. The minimum atomic E-state index is -0.583. The van der Waals surface area contributed by atoms with Crippen LogP contribution in [0.3, 0.4) is 0 Å². The summed E-state index contributed by atoms with van der Waals surface area (Å²) in [5, 5.41) is 0. The molecule has 40 heavy (non-hydrogen) atoms. The number of fused-ring (bicyclic) bond motifs is 1. The van der Waals surface area contributed by atoms with Gasteiger partial charge in [-0.25, -0.2) is 15.0 Å². The predicted octanol–water partition coefficient (Wildman–Crippen LogP) is 4.69. The minimum absolute atomic E-state index is 0.294. The van der Waals surface area contributed by atoms with Crippen molar-refractivity contribution in [3.05, 3.63) is 120 Å². The Balaban J connectivity index is 1.33. The van der Waals surface area contributed by atoms with Crippen molar-refractivity contribution in [1.29, 1.82) is 0 Å². The third-order valence-electron chi connectivity index (χ3n) is 6.94. The van der Waals surface area contributed by atoms with E-state index in [0.29, 0.717) is 43.4 Å². The highest BCUT2D eigenvalue weighted by Gasteiger charge is 2.44. The number of rotatable bonds is 10. The lowest BCUT2D eigenvalue weighted by molar-refractivity contribution is -0.255. The van der Waals surface area contributed by atoms with E-state index in [-0.39, 0.29) is 6.10 Å². The lowest BCUT2D eigenvalue weighted by Crippen LogP contribution is -2.54. The highest BCUT2D eigenvalue weighted by Crippen LogP contribution is 2.34. The molecule has 1 aliphatic rings. The second-order valence-corrected chi connectivity index (χ2v) is 9.66. The summed E-state index contributed by atoms with van der Waals surface area (Å²) in [6.07, 6.45) is 1.12. The smallest absolute Gasteiger partial charge is 0.167 e. The minimum Gasteiger partial charge on any atom is -0.382 e. The van der Waals surface area contributed by atoms with E-state index >= 15 is 0 Å². The molecule has 0 unspecified atom stereocenters. The van der Waals surface area contributed by atoms with Crippen molar-refractivity contribution >= 4 is 17.0 Å². The highest BCUT2D eigenvalue weighted by atomic mass is 16.6. The van der Waals surface area contributed by atoms with Crippen LogP contribution in [0, 0.1) is 0 Å². The van der Waals surface area contributed by atoms with Gasteiger partial charge in [-0.1, -0.05) is 91.0 Å². The molecule has 204 valence electrons. The Labute approximate surface area is 232 Å². The van der Waals surface area contributed by atoms with E-state index in [0.717, 1.165) is 16.7 Å². The normalized spacial score (nSPS) is 21.0. The molecule has 3 aromatic carbocycles. The van der Waals surface area contributed by atoms with E-state index in [1.807, 2.05) is 95.6 Å². The molecule has 2 aromatic heterocycles. The van der Waals surface area contributed by atoms with Crippen LogP contribution in [0.4, 0.5) is 5.82 Å². The van der Waals surface area contributed by atoms with Gasteiger partial charge in [-0.05, 0) is 16.7 Å². The topological polar surface area (TPSA) is 107 Å². The zero-order chi connectivity index (χ0) is 27.1. The van der Waals surface area contributed by atoms with Gasteiger partial charge in [-0.15, -0.1) is 0 Å². The van der Waals surface area contributed by atoms with Crippen LogP contribution >= 0.6 is 0 Å². The molecule has 0 saturated carbocycles. The van der Waals surface area contributed by atoms with Gasteiger partial charge in [0.1, 0.15) is 30.2 Å². The Bertz CT molecular complexity index is 1500. The Morgan fingerprint density at radius 2 is 1.25 bits per heavy atom.